The summed E-state index contributed by atoms with van der Waals surface area (Å²) >= 11 is 6.00. The second kappa shape index (κ2) is 8.22. The summed E-state index contributed by atoms with van der Waals surface area (Å²) in [6.45, 7) is 4.54. The van der Waals surface area contributed by atoms with Gasteiger partial charge >= 0.3 is 0 Å². The van der Waals surface area contributed by atoms with Gasteiger partial charge in [0.15, 0.2) is 0 Å². The van der Waals surface area contributed by atoms with Crippen LogP contribution >= 0.6 is 11.6 Å². The summed E-state index contributed by atoms with van der Waals surface area (Å²) in [5.41, 5.74) is 6.38. The monoisotopic (exact) mass is 329 g/mol. The van der Waals surface area contributed by atoms with Gasteiger partial charge in [0, 0.05) is 19.2 Å². The van der Waals surface area contributed by atoms with E-state index in [2.05, 4.69) is 5.32 Å². The van der Waals surface area contributed by atoms with E-state index in [1.54, 1.807) is 13.8 Å². The first kappa shape index (κ1) is 18.5. The smallest absolute Gasteiger partial charge is 0.255 e. The molecule has 1 aromatic rings. The number of amides is 1. The standard InChI is InChI=1S/C15H24ClN3O3/c1-9(20)10(2)22-14-8-13(17)12(16)7-11(14)15(21)18-5-6-19(3)4/h7-10,20H,5-6,17H2,1-4H3,(H,18,21). The van der Waals surface area contributed by atoms with Gasteiger partial charge in [-0.2, -0.15) is 0 Å². The number of nitrogens with zero attached hydrogens (tertiary/aromatic N) is 1. The molecule has 0 saturated carbocycles. The van der Waals surface area contributed by atoms with Crippen molar-refractivity contribution in [3.8, 4) is 5.75 Å². The first-order valence-electron chi connectivity index (χ1n) is 7.09. The molecule has 1 rings (SSSR count). The number of hydrogen-bond acceptors (Lipinski definition) is 5. The highest BCUT2D eigenvalue weighted by Crippen LogP contribution is 2.30. The van der Waals surface area contributed by atoms with Gasteiger partial charge in [0.25, 0.3) is 5.91 Å². The van der Waals surface area contributed by atoms with E-state index in [-0.39, 0.29) is 10.9 Å². The number of likely N-dealkylation sites (N-methyl/N-ethyl adjacent to an activating group) is 1. The molecular formula is C15H24ClN3O3. The van der Waals surface area contributed by atoms with Crippen LogP contribution in [-0.2, 0) is 0 Å². The van der Waals surface area contributed by atoms with Gasteiger partial charge in [-0.25, -0.2) is 0 Å². The molecule has 0 aliphatic heterocycles. The van der Waals surface area contributed by atoms with Crippen molar-refractivity contribution in [3.63, 3.8) is 0 Å². The van der Waals surface area contributed by atoms with E-state index >= 15 is 0 Å². The molecule has 0 heterocycles. The van der Waals surface area contributed by atoms with Crippen molar-refractivity contribution in [1.82, 2.24) is 10.2 Å². The number of ether oxygens (including phenoxy) is 1. The summed E-state index contributed by atoms with van der Waals surface area (Å²) in [7, 11) is 3.84. The number of hydrogen-bond donors (Lipinski definition) is 3. The van der Waals surface area contributed by atoms with E-state index in [4.69, 9.17) is 22.1 Å². The van der Waals surface area contributed by atoms with Crippen LogP contribution in [-0.4, -0.2) is 55.3 Å². The second-order valence-electron chi connectivity index (χ2n) is 5.49. The van der Waals surface area contributed by atoms with Crippen molar-refractivity contribution in [3.05, 3.63) is 22.7 Å². The van der Waals surface area contributed by atoms with E-state index < -0.39 is 12.2 Å². The summed E-state index contributed by atoms with van der Waals surface area (Å²) in [6.07, 6.45) is -1.16. The van der Waals surface area contributed by atoms with Gasteiger partial charge in [0.2, 0.25) is 0 Å². The van der Waals surface area contributed by atoms with Crippen molar-refractivity contribution in [2.45, 2.75) is 26.1 Å². The van der Waals surface area contributed by atoms with Crippen LogP contribution in [0.25, 0.3) is 0 Å². The summed E-state index contributed by atoms with van der Waals surface area (Å²) in [6, 6.07) is 2.98. The number of anilines is 1. The molecule has 0 aliphatic carbocycles. The molecule has 22 heavy (non-hydrogen) atoms. The lowest BCUT2D eigenvalue weighted by atomic mass is 10.1. The van der Waals surface area contributed by atoms with Crippen molar-refractivity contribution >= 4 is 23.2 Å². The zero-order chi connectivity index (χ0) is 16.9. The summed E-state index contributed by atoms with van der Waals surface area (Å²) < 4.78 is 5.63. The van der Waals surface area contributed by atoms with Gasteiger partial charge in [-0.1, -0.05) is 11.6 Å². The molecule has 1 amide bonds. The lowest BCUT2D eigenvalue weighted by Crippen LogP contribution is -2.32. The van der Waals surface area contributed by atoms with Gasteiger partial charge in [-0.15, -0.1) is 0 Å². The van der Waals surface area contributed by atoms with Crippen molar-refractivity contribution in [1.29, 1.82) is 0 Å². The lowest BCUT2D eigenvalue weighted by Gasteiger charge is -2.20. The molecule has 6 nitrogen and oxygen atoms in total. The molecule has 0 bridgehead atoms. The number of aliphatic hydroxyl groups excluding tert-OH is 1. The average molecular weight is 330 g/mol. The minimum absolute atomic E-state index is 0.287. The largest absolute Gasteiger partial charge is 0.487 e. The maximum atomic E-state index is 12.3. The van der Waals surface area contributed by atoms with E-state index in [1.807, 2.05) is 19.0 Å². The fraction of sp³-hybridized carbons (Fsp3) is 0.533. The molecular weight excluding hydrogens is 306 g/mol. The lowest BCUT2D eigenvalue weighted by molar-refractivity contribution is 0.0592. The Kier molecular flexibility index (Phi) is 6.93. The number of halogens is 1. The molecule has 124 valence electrons. The first-order valence-corrected chi connectivity index (χ1v) is 7.46. The van der Waals surface area contributed by atoms with Gasteiger partial charge in [0.05, 0.1) is 22.4 Å². The van der Waals surface area contributed by atoms with Crippen LogP contribution in [0.15, 0.2) is 12.1 Å². The molecule has 0 fully saturated rings. The van der Waals surface area contributed by atoms with Crippen LogP contribution in [0, 0.1) is 0 Å². The van der Waals surface area contributed by atoms with E-state index in [0.29, 0.717) is 30.1 Å². The third-order valence-electron chi connectivity index (χ3n) is 3.18. The zero-order valence-corrected chi connectivity index (χ0v) is 14.1. The number of nitrogen functional groups attached to an aromatic ring is 1. The van der Waals surface area contributed by atoms with Crippen molar-refractivity contribution < 1.29 is 14.6 Å². The van der Waals surface area contributed by atoms with E-state index in [0.717, 1.165) is 0 Å². The number of aliphatic hydroxyl groups is 1. The average Bonchev–Trinajstić information content (AvgIpc) is 2.41. The Morgan fingerprint density at radius 2 is 2.09 bits per heavy atom. The maximum Gasteiger partial charge on any atom is 0.255 e. The number of carbonyl (C=O) groups excluding carboxylic acids is 1. The third-order valence-corrected chi connectivity index (χ3v) is 3.51. The van der Waals surface area contributed by atoms with Crippen LogP contribution in [0.3, 0.4) is 0 Å². The van der Waals surface area contributed by atoms with Crippen LogP contribution in [0.2, 0.25) is 5.02 Å². The minimum Gasteiger partial charge on any atom is -0.487 e. The fourth-order valence-electron chi connectivity index (χ4n) is 1.63. The van der Waals surface area contributed by atoms with Gasteiger partial charge < -0.3 is 25.8 Å². The zero-order valence-electron chi connectivity index (χ0n) is 13.4. The number of benzene rings is 1. The number of nitrogens with two attached hydrogens (primary N) is 1. The Balaban J connectivity index is 2.95. The Labute approximate surface area is 136 Å². The molecule has 7 heteroatoms. The summed E-state index contributed by atoms with van der Waals surface area (Å²) in [5, 5.41) is 12.6. The third kappa shape index (κ3) is 5.36. The molecule has 0 aromatic heterocycles. The highest BCUT2D eigenvalue weighted by Gasteiger charge is 2.19. The molecule has 1 aromatic carbocycles. The molecule has 0 radical (unpaired) electrons. The number of nitrogens with one attached hydrogen (secondary N) is 1. The second-order valence-corrected chi connectivity index (χ2v) is 5.90. The maximum absolute atomic E-state index is 12.3. The van der Waals surface area contributed by atoms with Gasteiger partial charge in [-0.05, 0) is 34.0 Å². The van der Waals surface area contributed by atoms with Crippen molar-refractivity contribution in [2.75, 3.05) is 32.9 Å². The fourth-order valence-corrected chi connectivity index (χ4v) is 1.79. The van der Waals surface area contributed by atoms with Crippen molar-refractivity contribution in [2.24, 2.45) is 0 Å². The predicted octanol–water partition coefficient (Wildman–Crippen LogP) is 1.36. The van der Waals surface area contributed by atoms with Crippen LogP contribution < -0.4 is 15.8 Å². The quantitative estimate of drug-likeness (QED) is 0.657. The van der Waals surface area contributed by atoms with Crippen LogP contribution in [0.1, 0.15) is 24.2 Å². The van der Waals surface area contributed by atoms with Crippen LogP contribution in [0.5, 0.6) is 5.75 Å². The molecule has 0 spiro atoms. The van der Waals surface area contributed by atoms with E-state index in [9.17, 15) is 9.90 Å². The minimum atomic E-state index is -0.679. The predicted molar refractivity (Wildman–Crippen MR) is 88.5 cm³/mol. The molecule has 0 aliphatic rings. The first-order chi connectivity index (χ1) is 10.2. The normalized spacial score (nSPS) is 13.8. The SMILES string of the molecule is CC(O)C(C)Oc1cc(N)c(Cl)cc1C(=O)NCCN(C)C. The molecule has 4 N–H and O–H groups in total. The Morgan fingerprint density at radius 3 is 2.64 bits per heavy atom. The Bertz CT molecular complexity index is 521. The Morgan fingerprint density at radius 1 is 1.45 bits per heavy atom. The highest BCUT2D eigenvalue weighted by atomic mass is 35.5. The highest BCUT2D eigenvalue weighted by molar-refractivity contribution is 6.33. The van der Waals surface area contributed by atoms with Gasteiger partial charge in [-0.3, -0.25) is 4.79 Å². The topological polar surface area (TPSA) is 87.8 Å². The summed E-state index contributed by atoms with van der Waals surface area (Å²) in [5.74, 6) is 0.00851. The molecule has 0 saturated heterocycles. The molecule has 2 unspecified atom stereocenters. The number of carbonyl (C=O) groups is 1. The van der Waals surface area contributed by atoms with Crippen LogP contribution in [0.4, 0.5) is 5.69 Å². The van der Waals surface area contributed by atoms with Gasteiger partial charge in [0.1, 0.15) is 11.9 Å². The molecule has 2 atom stereocenters. The Hall–Kier alpha value is -1.50. The van der Waals surface area contributed by atoms with E-state index in [1.165, 1.54) is 12.1 Å². The summed E-state index contributed by atoms with van der Waals surface area (Å²) in [4.78, 5) is 14.3. The number of rotatable bonds is 7.